The van der Waals surface area contributed by atoms with E-state index >= 15 is 0 Å². The van der Waals surface area contributed by atoms with Gasteiger partial charge in [0.05, 0.1) is 23.4 Å². The van der Waals surface area contributed by atoms with Gasteiger partial charge < -0.3 is 19.5 Å². The van der Waals surface area contributed by atoms with E-state index in [2.05, 4.69) is 0 Å². The van der Waals surface area contributed by atoms with Crippen LogP contribution in [-0.4, -0.2) is 43.7 Å². The highest BCUT2D eigenvalue weighted by Crippen LogP contribution is 2.45. The molecule has 6 rings (SSSR count). The van der Waals surface area contributed by atoms with Crippen molar-refractivity contribution in [2.45, 2.75) is 50.7 Å². The van der Waals surface area contributed by atoms with Gasteiger partial charge >= 0.3 is 11.9 Å². The van der Waals surface area contributed by atoms with Gasteiger partial charge in [-0.3, -0.25) is 4.79 Å². The molecule has 8 nitrogen and oxygen atoms in total. The first-order valence-electron chi connectivity index (χ1n) is 11.5. The largest absolute Gasteiger partial charge is 0.412 e. The van der Waals surface area contributed by atoms with E-state index in [4.69, 9.17) is 9.72 Å². The highest BCUT2D eigenvalue weighted by Gasteiger charge is 2.57. The number of hydrogen-bond donors (Lipinski definition) is 2. The second-order valence-electron chi connectivity index (χ2n) is 9.16. The molecular weight excluding hydrogens is 422 g/mol. The fourth-order valence-electron chi connectivity index (χ4n) is 5.44. The number of carbonyl (C=O) groups excluding carboxylic acids is 1. The SMILES string of the molecule is CC[C@@]1(O)C(=O)OC(O)(N2CCCCC2)c2c1cc1n(c2=O)Cc2cc3ccccc3nc2-1. The number of pyridine rings is 2. The van der Waals surface area contributed by atoms with Crippen LogP contribution in [0.4, 0.5) is 0 Å². The molecule has 0 aliphatic carbocycles. The first kappa shape index (κ1) is 20.5. The van der Waals surface area contributed by atoms with Crippen LogP contribution >= 0.6 is 0 Å². The van der Waals surface area contributed by atoms with Crippen LogP contribution in [0, 0.1) is 0 Å². The summed E-state index contributed by atoms with van der Waals surface area (Å²) in [4.78, 5) is 33.3. The van der Waals surface area contributed by atoms with Crippen molar-refractivity contribution >= 4 is 16.9 Å². The van der Waals surface area contributed by atoms with Crippen LogP contribution in [0.15, 0.2) is 41.2 Å². The molecule has 170 valence electrons. The first-order valence-corrected chi connectivity index (χ1v) is 11.5. The van der Waals surface area contributed by atoms with Gasteiger partial charge in [0.15, 0.2) is 5.60 Å². The Morgan fingerprint density at radius 3 is 2.61 bits per heavy atom. The Labute approximate surface area is 190 Å². The van der Waals surface area contributed by atoms with E-state index < -0.39 is 23.0 Å². The maximum Gasteiger partial charge on any atom is 0.346 e. The number of aromatic nitrogens is 2. The fraction of sp³-hybridized carbons (Fsp3) is 0.400. The lowest BCUT2D eigenvalue weighted by molar-refractivity contribution is -0.309. The van der Waals surface area contributed by atoms with Crippen molar-refractivity contribution in [3.05, 3.63) is 63.4 Å². The zero-order chi connectivity index (χ0) is 23.0. The number of cyclic esters (lactones) is 1. The molecule has 0 spiro atoms. The summed E-state index contributed by atoms with van der Waals surface area (Å²) >= 11 is 0. The Morgan fingerprint density at radius 1 is 1.09 bits per heavy atom. The third-order valence-electron chi connectivity index (χ3n) is 7.31. The molecule has 1 unspecified atom stereocenters. The standard InChI is InChI=1S/C25H25N3O5/c1-2-24(31)17-13-19-21-16(12-15-8-4-5-9-18(15)26-21)14-28(19)22(29)20(17)25(32,33-23(24)30)27-10-6-3-7-11-27/h4-5,8-9,12-13,31-32H,2-3,6-7,10-11,14H2,1H3/t24-,25?/m0/s1. The topological polar surface area (TPSA) is 105 Å². The maximum absolute atomic E-state index is 13.9. The molecule has 0 bridgehead atoms. The molecule has 8 heteroatoms. The lowest BCUT2D eigenvalue weighted by Gasteiger charge is -2.46. The summed E-state index contributed by atoms with van der Waals surface area (Å²) in [5.41, 5.74) is 0.382. The van der Waals surface area contributed by atoms with Crippen LogP contribution < -0.4 is 5.56 Å². The summed E-state index contributed by atoms with van der Waals surface area (Å²) in [5.74, 6) is -3.15. The number of nitrogens with zero attached hydrogens (tertiary/aromatic N) is 3. The minimum Gasteiger partial charge on any atom is -0.412 e. The van der Waals surface area contributed by atoms with Crippen molar-refractivity contribution in [1.82, 2.24) is 14.5 Å². The Balaban J connectivity index is 1.63. The van der Waals surface area contributed by atoms with E-state index in [-0.39, 0.29) is 17.5 Å². The fourth-order valence-corrected chi connectivity index (χ4v) is 5.44. The number of likely N-dealkylation sites (tertiary alicyclic amines) is 1. The highest BCUT2D eigenvalue weighted by molar-refractivity contribution is 5.86. The molecule has 0 radical (unpaired) electrons. The van der Waals surface area contributed by atoms with Gasteiger partial charge in [-0.25, -0.2) is 14.7 Å². The molecular formula is C25H25N3O5. The maximum atomic E-state index is 13.9. The summed E-state index contributed by atoms with van der Waals surface area (Å²) in [6.07, 6.45) is 2.66. The number of ether oxygens (including phenoxy) is 1. The Bertz CT molecular complexity index is 1380. The predicted octanol–water partition coefficient (Wildman–Crippen LogP) is 2.17. The van der Waals surface area contributed by atoms with Crippen molar-refractivity contribution < 1.29 is 19.7 Å². The van der Waals surface area contributed by atoms with Crippen LogP contribution in [0.3, 0.4) is 0 Å². The van der Waals surface area contributed by atoms with E-state index in [1.165, 1.54) is 0 Å². The van der Waals surface area contributed by atoms with E-state index in [9.17, 15) is 19.8 Å². The predicted molar refractivity (Wildman–Crippen MR) is 120 cm³/mol. The van der Waals surface area contributed by atoms with E-state index in [0.29, 0.717) is 31.0 Å². The average Bonchev–Trinajstić information content (AvgIpc) is 3.19. The van der Waals surface area contributed by atoms with Gasteiger partial charge in [-0.05, 0) is 37.5 Å². The van der Waals surface area contributed by atoms with E-state index in [1.807, 2.05) is 30.3 Å². The van der Waals surface area contributed by atoms with Crippen LogP contribution in [0.5, 0.6) is 0 Å². The monoisotopic (exact) mass is 447 g/mol. The molecule has 2 aromatic heterocycles. The highest BCUT2D eigenvalue weighted by atomic mass is 16.7. The molecule has 3 aliphatic rings. The van der Waals surface area contributed by atoms with Crippen LogP contribution in [-0.2, 0) is 27.6 Å². The van der Waals surface area contributed by atoms with Gasteiger partial charge in [0.2, 0.25) is 0 Å². The number of fused-ring (bicyclic) bond motifs is 5. The van der Waals surface area contributed by atoms with E-state index in [1.54, 1.807) is 22.5 Å². The molecule has 3 aromatic rings. The summed E-state index contributed by atoms with van der Waals surface area (Å²) in [6.45, 7) is 2.92. The molecule has 1 fully saturated rings. The average molecular weight is 447 g/mol. The molecule has 1 aromatic carbocycles. The van der Waals surface area contributed by atoms with Crippen molar-refractivity contribution in [1.29, 1.82) is 0 Å². The Kier molecular flexibility index (Phi) is 4.33. The van der Waals surface area contributed by atoms with Crippen LogP contribution in [0.2, 0.25) is 0 Å². The third kappa shape index (κ3) is 2.71. The summed E-state index contributed by atoms with van der Waals surface area (Å²) in [5, 5.41) is 24.0. The smallest absolute Gasteiger partial charge is 0.346 e. The lowest BCUT2D eigenvalue weighted by Crippen LogP contribution is -2.61. The van der Waals surface area contributed by atoms with Crippen molar-refractivity contribution in [2.75, 3.05) is 13.1 Å². The molecule has 2 N–H and O–H groups in total. The quantitative estimate of drug-likeness (QED) is 0.454. The number of carbonyl (C=O) groups is 1. The van der Waals surface area contributed by atoms with Gasteiger partial charge in [-0.2, -0.15) is 0 Å². The second kappa shape index (κ2) is 6.96. The number of aliphatic hydroxyl groups is 2. The molecule has 0 amide bonds. The number of esters is 1. The molecule has 1 saturated heterocycles. The zero-order valence-corrected chi connectivity index (χ0v) is 18.4. The summed E-state index contributed by atoms with van der Waals surface area (Å²) < 4.78 is 7.05. The normalized spacial score (nSPS) is 26.6. The first-order chi connectivity index (χ1) is 15.9. The zero-order valence-electron chi connectivity index (χ0n) is 18.4. The number of benzene rings is 1. The van der Waals surface area contributed by atoms with Crippen LogP contribution in [0.25, 0.3) is 22.3 Å². The Hall–Kier alpha value is -3.07. The lowest BCUT2D eigenvalue weighted by atomic mass is 9.83. The molecule has 2 atom stereocenters. The van der Waals surface area contributed by atoms with Gasteiger partial charge in [-0.1, -0.05) is 31.5 Å². The van der Waals surface area contributed by atoms with E-state index in [0.717, 1.165) is 35.7 Å². The molecule has 33 heavy (non-hydrogen) atoms. The van der Waals surface area contributed by atoms with Crippen molar-refractivity contribution in [2.24, 2.45) is 0 Å². The minimum absolute atomic E-state index is 0.00973. The van der Waals surface area contributed by atoms with Crippen molar-refractivity contribution in [3.8, 4) is 11.4 Å². The van der Waals surface area contributed by atoms with Gasteiger partial charge in [0, 0.05) is 29.6 Å². The Morgan fingerprint density at radius 2 is 1.85 bits per heavy atom. The number of piperidine rings is 1. The summed E-state index contributed by atoms with van der Waals surface area (Å²) in [7, 11) is 0. The molecule has 5 heterocycles. The summed E-state index contributed by atoms with van der Waals surface area (Å²) in [6, 6.07) is 11.4. The second-order valence-corrected chi connectivity index (χ2v) is 9.16. The molecule has 3 aliphatic heterocycles. The molecule has 0 saturated carbocycles. The third-order valence-corrected chi connectivity index (χ3v) is 7.31. The van der Waals surface area contributed by atoms with Gasteiger partial charge in [-0.15, -0.1) is 0 Å². The van der Waals surface area contributed by atoms with Crippen molar-refractivity contribution in [3.63, 3.8) is 0 Å². The number of rotatable bonds is 2. The number of para-hydroxylation sites is 1. The van der Waals surface area contributed by atoms with Gasteiger partial charge in [0.25, 0.3) is 5.56 Å². The van der Waals surface area contributed by atoms with Crippen LogP contribution in [0.1, 0.15) is 49.3 Å². The number of hydrogen-bond acceptors (Lipinski definition) is 7. The minimum atomic E-state index is -2.21. The van der Waals surface area contributed by atoms with Gasteiger partial charge in [0.1, 0.15) is 5.56 Å².